The molecule has 2 aliphatic rings. The van der Waals surface area contributed by atoms with E-state index in [-0.39, 0.29) is 18.2 Å². The van der Waals surface area contributed by atoms with Crippen LogP contribution in [0.15, 0.2) is 36.7 Å². The van der Waals surface area contributed by atoms with Crippen LogP contribution in [-0.4, -0.2) is 48.2 Å². The predicted molar refractivity (Wildman–Crippen MR) is 107 cm³/mol. The van der Waals surface area contributed by atoms with Gasteiger partial charge in [0.25, 0.3) is 5.91 Å². The quantitative estimate of drug-likeness (QED) is 0.662. The number of carbonyl (C=O) groups excluding carboxylic acids is 3. The van der Waals surface area contributed by atoms with Crippen LogP contribution >= 0.6 is 0 Å². The Balaban J connectivity index is 1.50. The van der Waals surface area contributed by atoms with E-state index < -0.39 is 11.9 Å². The molecule has 1 N–H and O–H groups in total. The Morgan fingerprint density at radius 1 is 1.03 bits per heavy atom. The second kappa shape index (κ2) is 6.65. The lowest BCUT2D eigenvalue weighted by atomic mass is 10.00. The van der Waals surface area contributed by atoms with E-state index in [9.17, 15) is 14.4 Å². The summed E-state index contributed by atoms with van der Waals surface area (Å²) < 4.78 is 3.60. The van der Waals surface area contributed by atoms with E-state index in [0.717, 1.165) is 28.1 Å². The third-order valence-electron chi connectivity index (χ3n) is 5.84. The zero-order valence-electron chi connectivity index (χ0n) is 16.6. The van der Waals surface area contributed by atoms with E-state index in [1.165, 1.54) is 0 Å². The maximum atomic E-state index is 12.9. The van der Waals surface area contributed by atoms with Gasteiger partial charge in [-0.3, -0.25) is 29.1 Å². The Morgan fingerprint density at radius 2 is 1.87 bits per heavy atom. The van der Waals surface area contributed by atoms with Crippen LogP contribution in [0.4, 0.5) is 0 Å². The molecule has 1 atom stereocenters. The molecule has 0 bridgehead atoms. The Morgan fingerprint density at radius 3 is 2.60 bits per heavy atom. The van der Waals surface area contributed by atoms with E-state index in [2.05, 4.69) is 15.5 Å². The van der Waals surface area contributed by atoms with Crippen LogP contribution in [0.2, 0.25) is 0 Å². The fraction of sp³-hybridized carbons (Fsp3) is 0.286. The summed E-state index contributed by atoms with van der Waals surface area (Å²) in [5, 5.41) is 11.0. The monoisotopic (exact) mass is 404 g/mol. The Kier molecular flexibility index (Phi) is 4.05. The second-order valence-electron chi connectivity index (χ2n) is 7.64. The third-order valence-corrected chi connectivity index (χ3v) is 5.84. The van der Waals surface area contributed by atoms with Gasteiger partial charge in [-0.05, 0) is 35.7 Å². The number of nitrogens with zero attached hydrogens (tertiary/aromatic N) is 5. The molecule has 0 spiro atoms. The number of benzene rings is 1. The van der Waals surface area contributed by atoms with Gasteiger partial charge in [0, 0.05) is 44.4 Å². The summed E-state index contributed by atoms with van der Waals surface area (Å²) in [6, 6.07) is 7.01. The van der Waals surface area contributed by atoms with Gasteiger partial charge >= 0.3 is 0 Å². The maximum absolute atomic E-state index is 12.9. The third kappa shape index (κ3) is 2.73. The van der Waals surface area contributed by atoms with Crippen LogP contribution < -0.4 is 5.32 Å². The first-order valence-corrected chi connectivity index (χ1v) is 9.72. The number of aromatic nitrogens is 4. The van der Waals surface area contributed by atoms with Crippen LogP contribution in [-0.2, 0) is 30.2 Å². The predicted octanol–water partition coefficient (Wildman–Crippen LogP) is 1.25. The highest BCUT2D eigenvalue weighted by molar-refractivity contribution is 6.05. The lowest BCUT2D eigenvalue weighted by Crippen LogP contribution is -2.52. The highest BCUT2D eigenvalue weighted by atomic mass is 16.2. The molecule has 152 valence electrons. The number of rotatable bonds is 3. The van der Waals surface area contributed by atoms with Crippen LogP contribution in [0.5, 0.6) is 0 Å². The van der Waals surface area contributed by atoms with Crippen molar-refractivity contribution in [3.63, 3.8) is 0 Å². The molecule has 3 aromatic rings. The number of piperidine rings is 1. The van der Waals surface area contributed by atoms with Crippen LogP contribution in [0.3, 0.4) is 0 Å². The molecule has 9 heteroatoms. The molecular weight excluding hydrogens is 384 g/mol. The molecule has 1 unspecified atom stereocenters. The summed E-state index contributed by atoms with van der Waals surface area (Å²) in [4.78, 5) is 38.1. The first-order valence-electron chi connectivity index (χ1n) is 9.72. The topological polar surface area (TPSA) is 102 Å². The number of fused-ring (bicyclic) bond motifs is 1. The molecule has 4 heterocycles. The fourth-order valence-corrected chi connectivity index (χ4v) is 4.30. The van der Waals surface area contributed by atoms with Crippen LogP contribution in [0.1, 0.15) is 28.8 Å². The van der Waals surface area contributed by atoms with E-state index in [1.54, 1.807) is 32.7 Å². The normalized spacial score (nSPS) is 18.7. The highest BCUT2D eigenvalue weighted by Gasteiger charge is 2.39. The van der Waals surface area contributed by atoms with Crippen molar-refractivity contribution in [3.05, 3.63) is 47.8 Å². The standard InChI is InChI=1S/C21H20N6O3/c1-25-16(7-8-22-25)19-15(10-23-26(19)2)12-3-4-14-13(9-12)11-27(21(14)30)17-5-6-18(28)24-20(17)29/h3-4,7-10,17H,5-6,11H2,1-2H3,(H,24,28,29). The molecule has 2 aliphatic heterocycles. The molecule has 1 fully saturated rings. The van der Waals surface area contributed by atoms with Gasteiger partial charge < -0.3 is 4.90 Å². The minimum absolute atomic E-state index is 0.177. The molecule has 0 aliphatic carbocycles. The summed E-state index contributed by atoms with van der Waals surface area (Å²) in [6.07, 6.45) is 4.14. The van der Waals surface area contributed by atoms with Crippen LogP contribution in [0.25, 0.3) is 22.5 Å². The molecule has 0 radical (unpaired) electrons. The average Bonchev–Trinajstić information content (AvgIpc) is 3.39. The van der Waals surface area contributed by atoms with Gasteiger partial charge in [-0.2, -0.15) is 10.2 Å². The number of carbonyl (C=O) groups is 3. The minimum atomic E-state index is -0.616. The van der Waals surface area contributed by atoms with Gasteiger partial charge in [0.2, 0.25) is 11.8 Å². The molecule has 1 saturated heterocycles. The van der Waals surface area contributed by atoms with Gasteiger partial charge in [-0.25, -0.2) is 0 Å². The number of amides is 3. The van der Waals surface area contributed by atoms with E-state index in [0.29, 0.717) is 18.5 Å². The number of imide groups is 1. The largest absolute Gasteiger partial charge is 0.322 e. The van der Waals surface area contributed by atoms with Gasteiger partial charge in [0.1, 0.15) is 6.04 Å². The molecular formula is C21H20N6O3. The van der Waals surface area contributed by atoms with Crippen molar-refractivity contribution in [2.75, 3.05) is 0 Å². The number of nitrogens with one attached hydrogen (secondary N) is 1. The highest BCUT2D eigenvalue weighted by Crippen LogP contribution is 2.35. The van der Waals surface area contributed by atoms with Crippen LogP contribution in [0, 0.1) is 0 Å². The first-order chi connectivity index (χ1) is 14.4. The summed E-state index contributed by atoms with van der Waals surface area (Å²) in [6.45, 7) is 0.343. The summed E-state index contributed by atoms with van der Waals surface area (Å²) in [5.74, 6) is -0.871. The smallest absolute Gasteiger partial charge is 0.255 e. The zero-order valence-corrected chi connectivity index (χ0v) is 16.6. The van der Waals surface area contributed by atoms with Crippen molar-refractivity contribution in [2.45, 2.75) is 25.4 Å². The molecule has 0 saturated carbocycles. The SMILES string of the molecule is Cn1nccc1-c1c(-c2ccc3c(c2)CN(C2CCC(=O)NC2=O)C3=O)cnn1C. The molecule has 1 aromatic carbocycles. The van der Waals surface area contributed by atoms with E-state index in [4.69, 9.17) is 0 Å². The summed E-state index contributed by atoms with van der Waals surface area (Å²) in [5.41, 5.74) is 5.20. The fourth-order valence-electron chi connectivity index (χ4n) is 4.30. The van der Waals surface area contributed by atoms with Gasteiger partial charge in [0.05, 0.1) is 17.6 Å². The number of hydrogen-bond donors (Lipinski definition) is 1. The van der Waals surface area contributed by atoms with Crippen molar-refractivity contribution in [1.82, 2.24) is 29.8 Å². The lowest BCUT2D eigenvalue weighted by Gasteiger charge is -2.29. The average molecular weight is 404 g/mol. The maximum Gasteiger partial charge on any atom is 0.255 e. The Hall–Kier alpha value is -3.75. The van der Waals surface area contributed by atoms with Crippen molar-refractivity contribution in [2.24, 2.45) is 14.1 Å². The molecule has 3 amide bonds. The molecule has 2 aromatic heterocycles. The number of hydrogen-bond acceptors (Lipinski definition) is 5. The zero-order chi connectivity index (χ0) is 21.0. The molecule has 5 rings (SSSR count). The van der Waals surface area contributed by atoms with E-state index >= 15 is 0 Å². The van der Waals surface area contributed by atoms with Crippen molar-refractivity contribution < 1.29 is 14.4 Å². The molecule has 30 heavy (non-hydrogen) atoms. The van der Waals surface area contributed by atoms with E-state index in [1.807, 2.05) is 32.3 Å². The van der Waals surface area contributed by atoms with Crippen molar-refractivity contribution in [1.29, 1.82) is 0 Å². The summed E-state index contributed by atoms with van der Waals surface area (Å²) >= 11 is 0. The van der Waals surface area contributed by atoms with Crippen molar-refractivity contribution in [3.8, 4) is 22.5 Å². The van der Waals surface area contributed by atoms with Gasteiger partial charge in [-0.1, -0.05) is 6.07 Å². The molecule has 9 nitrogen and oxygen atoms in total. The Labute approximate surface area is 172 Å². The van der Waals surface area contributed by atoms with Gasteiger partial charge in [0.15, 0.2) is 0 Å². The lowest BCUT2D eigenvalue weighted by molar-refractivity contribution is -0.136. The minimum Gasteiger partial charge on any atom is -0.322 e. The van der Waals surface area contributed by atoms with Crippen molar-refractivity contribution >= 4 is 17.7 Å². The Bertz CT molecular complexity index is 1210. The second-order valence-corrected chi connectivity index (χ2v) is 7.64. The first kappa shape index (κ1) is 18.3. The summed E-state index contributed by atoms with van der Waals surface area (Å²) in [7, 11) is 3.76. The number of aryl methyl sites for hydroxylation is 2. The van der Waals surface area contributed by atoms with Gasteiger partial charge in [-0.15, -0.1) is 0 Å².